The molecule has 1 N–H and O–H groups in total. The fourth-order valence-corrected chi connectivity index (χ4v) is 2.22. The van der Waals surface area contributed by atoms with Gasteiger partial charge in [0.15, 0.2) is 0 Å². The molecule has 0 spiro atoms. The standard InChI is InChI=1S/C16H28N2O2/c1-3-4-5-6-7-8-9-10-13-20-16(19)14-15-17-11-12-18(15)2/h11-12H,3-10,13-14H2,1-2H3/p+1. The molecule has 0 saturated carbocycles. The van der Waals surface area contributed by atoms with Gasteiger partial charge >= 0.3 is 5.97 Å². The lowest BCUT2D eigenvalue weighted by Gasteiger charge is -2.03. The summed E-state index contributed by atoms with van der Waals surface area (Å²) in [6.07, 6.45) is 14.1. The number of hydrogen-bond donors (Lipinski definition) is 1. The third-order valence-electron chi connectivity index (χ3n) is 3.55. The van der Waals surface area contributed by atoms with Crippen LogP contribution in [0.25, 0.3) is 0 Å². The van der Waals surface area contributed by atoms with E-state index in [2.05, 4.69) is 11.9 Å². The fraction of sp³-hybridized carbons (Fsp3) is 0.750. The van der Waals surface area contributed by atoms with Gasteiger partial charge in [0.1, 0.15) is 18.8 Å². The average molecular weight is 281 g/mol. The summed E-state index contributed by atoms with van der Waals surface area (Å²) in [5, 5.41) is 0. The van der Waals surface area contributed by atoms with E-state index in [1.54, 1.807) is 0 Å². The molecule has 1 aromatic rings. The Morgan fingerprint density at radius 2 is 1.80 bits per heavy atom. The molecule has 0 bridgehead atoms. The van der Waals surface area contributed by atoms with Gasteiger partial charge in [0, 0.05) is 0 Å². The van der Waals surface area contributed by atoms with Crippen molar-refractivity contribution in [1.29, 1.82) is 0 Å². The van der Waals surface area contributed by atoms with Crippen LogP contribution in [-0.2, 0) is 23.0 Å². The molecule has 20 heavy (non-hydrogen) atoms. The number of nitrogens with one attached hydrogen (secondary N) is 1. The Morgan fingerprint density at radius 3 is 2.40 bits per heavy atom. The summed E-state index contributed by atoms with van der Waals surface area (Å²) in [6, 6.07) is 0. The van der Waals surface area contributed by atoms with E-state index in [1.807, 2.05) is 24.0 Å². The van der Waals surface area contributed by atoms with Crippen LogP contribution in [0, 0.1) is 0 Å². The summed E-state index contributed by atoms with van der Waals surface area (Å²) in [6.45, 7) is 2.79. The Hall–Kier alpha value is -1.32. The van der Waals surface area contributed by atoms with Gasteiger partial charge in [-0.2, -0.15) is 0 Å². The maximum Gasteiger partial charge on any atom is 0.318 e. The molecule has 114 valence electrons. The first-order chi connectivity index (χ1) is 9.74. The number of hydrogen-bond acceptors (Lipinski definition) is 2. The highest BCUT2D eigenvalue weighted by atomic mass is 16.5. The summed E-state index contributed by atoms with van der Waals surface area (Å²) >= 11 is 0. The van der Waals surface area contributed by atoms with Crippen LogP contribution >= 0.6 is 0 Å². The predicted molar refractivity (Wildman–Crippen MR) is 79.2 cm³/mol. The molecule has 0 radical (unpaired) electrons. The maximum absolute atomic E-state index is 11.6. The molecule has 0 aliphatic heterocycles. The summed E-state index contributed by atoms with van der Waals surface area (Å²) in [4.78, 5) is 14.6. The molecule has 0 saturated heterocycles. The summed E-state index contributed by atoms with van der Waals surface area (Å²) in [7, 11) is 1.91. The molecule has 1 rings (SSSR count). The Labute approximate surface area is 122 Å². The van der Waals surface area contributed by atoms with Gasteiger partial charge in [0.2, 0.25) is 0 Å². The van der Waals surface area contributed by atoms with Gasteiger partial charge in [-0.05, 0) is 6.42 Å². The summed E-state index contributed by atoms with van der Waals surface area (Å²) in [5.41, 5.74) is 0. The number of nitrogens with zero attached hydrogens (tertiary/aromatic N) is 1. The van der Waals surface area contributed by atoms with E-state index in [0.717, 1.165) is 18.7 Å². The van der Waals surface area contributed by atoms with E-state index < -0.39 is 0 Å². The molecule has 0 amide bonds. The maximum atomic E-state index is 11.6. The Balaban J connectivity index is 1.93. The van der Waals surface area contributed by atoms with Crippen molar-refractivity contribution >= 4 is 5.97 Å². The first kappa shape index (κ1) is 16.7. The largest absolute Gasteiger partial charge is 0.465 e. The SMILES string of the molecule is CCCCCCCCCCOC(=O)Cc1[nH]cc[n+]1C. The van der Waals surface area contributed by atoms with E-state index >= 15 is 0 Å². The highest BCUT2D eigenvalue weighted by Crippen LogP contribution is 2.08. The minimum absolute atomic E-state index is 0.147. The van der Waals surface area contributed by atoms with E-state index in [1.165, 1.54) is 38.5 Å². The highest BCUT2D eigenvalue weighted by molar-refractivity contribution is 5.71. The lowest BCUT2D eigenvalue weighted by Crippen LogP contribution is -2.32. The second-order valence-electron chi connectivity index (χ2n) is 5.39. The first-order valence-electron chi connectivity index (χ1n) is 7.91. The van der Waals surface area contributed by atoms with E-state index in [-0.39, 0.29) is 5.97 Å². The molecule has 0 aromatic carbocycles. The summed E-state index contributed by atoms with van der Waals surface area (Å²) in [5.74, 6) is 0.733. The van der Waals surface area contributed by atoms with Gasteiger partial charge < -0.3 is 4.74 Å². The monoisotopic (exact) mass is 281 g/mol. The lowest BCUT2D eigenvalue weighted by atomic mass is 10.1. The quantitative estimate of drug-likeness (QED) is 0.385. The molecule has 0 atom stereocenters. The van der Waals surface area contributed by atoms with Crippen molar-refractivity contribution in [2.24, 2.45) is 7.05 Å². The van der Waals surface area contributed by atoms with Crippen LogP contribution in [0.15, 0.2) is 12.4 Å². The second kappa shape index (κ2) is 10.5. The molecule has 4 heteroatoms. The van der Waals surface area contributed by atoms with Crippen molar-refractivity contribution in [3.8, 4) is 0 Å². The minimum atomic E-state index is -0.147. The van der Waals surface area contributed by atoms with E-state index in [9.17, 15) is 4.79 Å². The molecule has 0 unspecified atom stereocenters. The second-order valence-corrected chi connectivity index (χ2v) is 5.39. The van der Waals surface area contributed by atoms with Gasteiger partial charge in [0.05, 0.1) is 13.7 Å². The molecule has 0 fully saturated rings. The number of carbonyl (C=O) groups is 1. The van der Waals surface area contributed by atoms with Crippen LogP contribution in [0.1, 0.15) is 64.1 Å². The Bertz CT molecular complexity index is 374. The van der Waals surface area contributed by atoms with E-state index in [4.69, 9.17) is 4.74 Å². The number of imidazole rings is 1. The molecule has 4 nitrogen and oxygen atoms in total. The van der Waals surface area contributed by atoms with Gasteiger partial charge in [-0.3, -0.25) is 4.79 Å². The summed E-state index contributed by atoms with van der Waals surface area (Å²) < 4.78 is 7.14. The normalized spacial score (nSPS) is 10.7. The smallest absolute Gasteiger partial charge is 0.318 e. The van der Waals surface area contributed by atoms with Crippen LogP contribution in [-0.4, -0.2) is 17.6 Å². The molecule has 1 heterocycles. The lowest BCUT2D eigenvalue weighted by molar-refractivity contribution is -0.677. The van der Waals surface area contributed by atoms with Crippen molar-refractivity contribution in [2.45, 2.75) is 64.7 Å². The number of rotatable bonds is 11. The van der Waals surface area contributed by atoms with Crippen LogP contribution in [0.4, 0.5) is 0 Å². The number of carbonyl (C=O) groups excluding carboxylic acids is 1. The van der Waals surface area contributed by atoms with Crippen LogP contribution < -0.4 is 4.57 Å². The molecule has 0 aliphatic rings. The topological polar surface area (TPSA) is 46.0 Å². The number of unbranched alkanes of at least 4 members (excludes halogenated alkanes) is 7. The number of esters is 1. The first-order valence-corrected chi connectivity index (χ1v) is 7.91. The minimum Gasteiger partial charge on any atom is -0.465 e. The third-order valence-corrected chi connectivity index (χ3v) is 3.55. The van der Waals surface area contributed by atoms with Crippen LogP contribution in [0.3, 0.4) is 0 Å². The zero-order chi connectivity index (χ0) is 14.6. The average Bonchev–Trinajstić information content (AvgIpc) is 2.82. The molecule has 0 aliphatic carbocycles. The molecular weight excluding hydrogens is 252 g/mol. The highest BCUT2D eigenvalue weighted by Gasteiger charge is 2.13. The number of ether oxygens (including phenoxy) is 1. The number of H-pyrrole nitrogens is 1. The van der Waals surface area contributed by atoms with Gasteiger partial charge in [-0.1, -0.05) is 51.9 Å². The predicted octanol–water partition coefficient (Wildman–Crippen LogP) is 3.07. The van der Waals surface area contributed by atoms with Gasteiger partial charge in [-0.25, -0.2) is 9.55 Å². The van der Waals surface area contributed by atoms with Crippen LogP contribution in [0.2, 0.25) is 0 Å². The Kier molecular flexibility index (Phi) is 8.76. The third kappa shape index (κ3) is 7.31. The van der Waals surface area contributed by atoms with Crippen molar-refractivity contribution in [1.82, 2.24) is 4.98 Å². The number of aryl methyl sites for hydroxylation is 1. The molecule has 1 aromatic heterocycles. The zero-order valence-corrected chi connectivity index (χ0v) is 13.0. The van der Waals surface area contributed by atoms with Crippen molar-refractivity contribution in [3.63, 3.8) is 0 Å². The van der Waals surface area contributed by atoms with Gasteiger partial charge in [0.25, 0.3) is 5.82 Å². The van der Waals surface area contributed by atoms with Crippen molar-refractivity contribution in [2.75, 3.05) is 6.61 Å². The fourth-order valence-electron chi connectivity index (χ4n) is 2.22. The van der Waals surface area contributed by atoms with Crippen LogP contribution in [0.5, 0.6) is 0 Å². The Morgan fingerprint density at radius 1 is 1.15 bits per heavy atom. The van der Waals surface area contributed by atoms with Gasteiger partial charge in [-0.15, -0.1) is 0 Å². The number of aromatic nitrogens is 2. The van der Waals surface area contributed by atoms with Crippen molar-refractivity contribution in [3.05, 3.63) is 18.2 Å². The van der Waals surface area contributed by atoms with Crippen molar-refractivity contribution < 1.29 is 14.1 Å². The zero-order valence-electron chi connectivity index (χ0n) is 13.0. The number of aromatic amines is 1. The van der Waals surface area contributed by atoms with E-state index in [0.29, 0.717) is 13.0 Å². The molecular formula is C16H29N2O2+.